The largest absolute Gasteiger partial charge is 0.259 e. The molecular formula is C54H42O3S3. The molecule has 0 fully saturated rings. The van der Waals surface area contributed by atoms with E-state index in [1.165, 1.54) is 0 Å². The zero-order chi connectivity index (χ0) is 40.6. The fourth-order valence-electron chi connectivity index (χ4n) is 8.28. The third-order valence-electron chi connectivity index (χ3n) is 11.6. The van der Waals surface area contributed by atoms with E-state index in [1.54, 1.807) is 0 Å². The van der Waals surface area contributed by atoms with Gasteiger partial charge in [0.2, 0.25) is 0 Å². The Kier molecular flexibility index (Phi) is 10.7. The van der Waals surface area contributed by atoms with Crippen molar-refractivity contribution in [3.05, 3.63) is 215 Å². The molecule has 21 aliphatic rings. The van der Waals surface area contributed by atoms with Gasteiger partial charge in [0.25, 0.3) is 0 Å². The van der Waals surface area contributed by atoms with Crippen molar-refractivity contribution in [2.75, 3.05) is 0 Å². The smallest absolute Gasteiger partial charge is 0.0489 e. The maximum atomic E-state index is 13.6. The first-order valence-electron chi connectivity index (χ1n) is 20.2. The van der Waals surface area contributed by atoms with E-state index >= 15 is 0 Å². The second kappa shape index (κ2) is 16.7. The lowest BCUT2D eigenvalue weighted by Crippen LogP contribution is -2.00. The Bertz CT molecular complexity index is 2370. The Labute approximate surface area is 359 Å². The SMILES string of the molecule is O=S1Cc2ccc(cc2)-c2cc3cc(c2)-c2ccc(cc2)CS(=O)Cc2ccc(cc2)-c2cc(cc(c2)-c2ccc(cc2)CS(=O)Cc2ccc-3cc2)-c2ccc(cc2)C1. The fraction of sp³-hybridized carbons (Fsp3) is 0.111. The first-order valence-corrected chi connectivity index (χ1v) is 24.7. The molecule has 0 spiro atoms. The third kappa shape index (κ3) is 8.60. The van der Waals surface area contributed by atoms with Gasteiger partial charge in [-0.1, -0.05) is 146 Å². The number of benzene rings is 8. The predicted octanol–water partition coefficient (Wildman–Crippen LogP) is 12.7. The zero-order valence-electron chi connectivity index (χ0n) is 33.0. The van der Waals surface area contributed by atoms with Crippen LogP contribution in [0, 0.1) is 0 Å². The van der Waals surface area contributed by atoms with E-state index in [2.05, 4.69) is 182 Å². The topological polar surface area (TPSA) is 51.2 Å². The Morgan fingerprint density at radius 3 is 0.467 bits per heavy atom. The van der Waals surface area contributed by atoms with Crippen LogP contribution in [0.25, 0.3) is 66.8 Å². The van der Waals surface area contributed by atoms with Crippen LogP contribution in [0.2, 0.25) is 0 Å². The van der Waals surface area contributed by atoms with Crippen molar-refractivity contribution in [3.8, 4) is 66.8 Å². The minimum absolute atomic E-state index is 0.477. The molecule has 0 aliphatic carbocycles. The summed E-state index contributed by atoms with van der Waals surface area (Å²) in [6.45, 7) is 0. The molecule has 0 saturated heterocycles. The monoisotopic (exact) mass is 834 g/mol. The van der Waals surface area contributed by atoms with E-state index in [0.717, 1.165) is 100 Å². The first-order chi connectivity index (χ1) is 29.3. The highest BCUT2D eigenvalue weighted by atomic mass is 32.2. The first kappa shape index (κ1) is 38.4. The molecular weight excluding hydrogens is 793 g/mol. The summed E-state index contributed by atoms with van der Waals surface area (Å²) in [7, 11) is -3.24. The van der Waals surface area contributed by atoms with Gasteiger partial charge in [0.15, 0.2) is 0 Å². The van der Waals surface area contributed by atoms with Crippen LogP contribution < -0.4 is 0 Å². The molecule has 8 aromatic rings. The minimum atomic E-state index is -1.08. The molecule has 294 valence electrons. The Hall–Kier alpha value is -5.79. The molecule has 3 nitrogen and oxygen atoms in total. The lowest BCUT2D eigenvalue weighted by Gasteiger charge is -2.14. The molecule has 21 aliphatic heterocycles. The molecule has 60 heavy (non-hydrogen) atoms. The van der Waals surface area contributed by atoms with Crippen LogP contribution >= 0.6 is 0 Å². The highest BCUT2D eigenvalue weighted by molar-refractivity contribution is 7.83. The van der Waals surface area contributed by atoms with Gasteiger partial charge in [-0.15, -0.1) is 0 Å². The van der Waals surface area contributed by atoms with Crippen molar-refractivity contribution in [1.29, 1.82) is 0 Å². The predicted molar refractivity (Wildman–Crippen MR) is 252 cm³/mol. The standard InChI is InChI=1S/C54H42O3S3/c55-58-31-37-1-13-43(14-2-37)49-25-50-27-51(26-49)45-19-7-40(8-20-45)34-60(57)36-42-11-23-48(24-12-42)54-29-52(46-15-3-38(32-58)4-16-46)28-53(30-54)47-21-9-41(10-22-47)35-59(56)33-39-5-17-44(50)18-6-39/h1-30H,31-36H2. The summed E-state index contributed by atoms with van der Waals surface area (Å²) in [6.07, 6.45) is 0. The highest BCUT2D eigenvalue weighted by Crippen LogP contribution is 2.36. The zero-order valence-corrected chi connectivity index (χ0v) is 35.5. The summed E-state index contributed by atoms with van der Waals surface area (Å²) in [5.41, 5.74) is 19.2. The van der Waals surface area contributed by atoms with Crippen LogP contribution in [0.15, 0.2) is 182 Å². The number of rotatable bonds is 0. The molecule has 0 aromatic heterocycles. The van der Waals surface area contributed by atoms with Gasteiger partial charge in [0, 0.05) is 66.9 Å². The van der Waals surface area contributed by atoms with Gasteiger partial charge in [-0.2, -0.15) is 0 Å². The van der Waals surface area contributed by atoms with Crippen molar-refractivity contribution < 1.29 is 12.6 Å². The lowest BCUT2D eigenvalue weighted by atomic mass is 9.92. The van der Waals surface area contributed by atoms with Crippen molar-refractivity contribution in [1.82, 2.24) is 0 Å². The molecule has 8 aromatic carbocycles. The van der Waals surface area contributed by atoms with E-state index < -0.39 is 32.4 Å². The Morgan fingerprint density at radius 2 is 0.333 bits per heavy atom. The van der Waals surface area contributed by atoms with Crippen LogP contribution in [0.1, 0.15) is 33.4 Å². The molecule has 0 N–H and O–H groups in total. The average Bonchev–Trinajstić information content (AvgIpc) is 3.27. The molecule has 0 unspecified atom stereocenters. The molecule has 6 heteroatoms. The van der Waals surface area contributed by atoms with Crippen LogP contribution in [0.3, 0.4) is 0 Å². The van der Waals surface area contributed by atoms with Crippen LogP contribution in [-0.2, 0) is 66.9 Å². The van der Waals surface area contributed by atoms with E-state index in [4.69, 9.17) is 0 Å². The van der Waals surface area contributed by atoms with E-state index in [-0.39, 0.29) is 0 Å². The molecule has 29 rings (SSSR count). The van der Waals surface area contributed by atoms with Crippen molar-refractivity contribution in [2.45, 2.75) is 34.5 Å². The van der Waals surface area contributed by atoms with Crippen molar-refractivity contribution in [3.63, 3.8) is 0 Å². The summed E-state index contributed by atoms with van der Waals surface area (Å²) >= 11 is 0. The van der Waals surface area contributed by atoms with E-state index in [1.807, 2.05) is 0 Å². The molecule has 0 radical (unpaired) electrons. The quantitative estimate of drug-likeness (QED) is 0.153. The van der Waals surface area contributed by atoms with E-state index in [0.29, 0.717) is 34.5 Å². The summed E-state index contributed by atoms with van der Waals surface area (Å²) in [5.74, 6) is 2.86. The van der Waals surface area contributed by atoms with Gasteiger partial charge in [-0.05, 0) is 137 Å². The van der Waals surface area contributed by atoms with Crippen LogP contribution in [0.4, 0.5) is 0 Å². The molecule has 18 bridgehead atoms. The van der Waals surface area contributed by atoms with Gasteiger partial charge in [-0.3, -0.25) is 12.6 Å². The molecule has 0 amide bonds. The summed E-state index contributed by atoms with van der Waals surface area (Å²) in [4.78, 5) is 0. The molecule has 0 atom stereocenters. The summed E-state index contributed by atoms with van der Waals surface area (Å²) < 4.78 is 40.7. The van der Waals surface area contributed by atoms with E-state index in [9.17, 15) is 12.6 Å². The highest BCUT2D eigenvalue weighted by Gasteiger charge is 2.14. The second-order valence-electron chi connectivity index (χ2n) is 16.0. The van der Waals surface area contributed by atoms with Gasteiger partial charge in [0.05, 0.1) is 0 Å². The minimum Gasteiger partial charge on any atom is -0.259 e. The Morgan fingerprint density at radius 1 is 0.200 bits per heavy atom. The summed E-state index contributed by atoms with van der Waals surface area (Å²) in [5, 5.41) is 0. The molecule has 21 heterocycles. The van der Waals surface area contributed by atoms with Gasteiger partial charge < -0.3 is 0 Å². The normalized spacial score (nSPS) is 17.3. The average molecular weight is 835 g/mol. The van der Waals surface area contributed by atoms with Crippen molar-refractivity contribution >= 4 is 32.4 Å². The van der Waals surface area contributed by atoms with Crippen LogP contribution in [0.5, 0.6) is 0 Å². The molecule has 0 saturated carbocycles. The Balaban J connectivity index is 1.13. The van der Waals surface area contributed by atoms with Gasteiger partial charge in [0.1, 0.15) is 0 Å². The van der Waals surface area contributed by atoms with Crippen molar-refractivity contribution in [2.24, 2.45) is 0 Å². The maximum Gasteiger partial charge on any atom is 0.0489 e. The number of hydrogen-bond acceptors (Lipinski definition) is 3. The second-order valence-corrected chi connectivity index (χ2v) is 20.3. The fourth-order valence-corrected chi connectivity index (χ4v) is 12.0. The van der Waals surface area contributed by atoms with Gasteiger partial charge >= 0.3 is 0 Å². The maximum absolute atomic E-state index is 13.6. The van der Waals surface area contributed by atoms with Gasteiger partial charge in [-0.25, -0.2) is 0 Å². The van der Waals surface area contributed by atoms with Crippen LogP contribution in [-0.4, -0.2) is 12.6 Å². The lowest BCUT2D eigenvalue weighted by molar-refractivity contribution is 0.681. The summed E-state index contributed by atoms with van der Waals surface area (Å²) in [6, 6.07) is 64.1. The third-order valence-corrected chi connectivity index (χ3v) is 15.5. The number of hydrogen-bond donors (Lipinski definition) is 0.